The van der Waals surface area contributed by atoms with Gasteiger partial charge >= 0.3 is 20.4 Å². The minimum Gasteiger partial charge on any atom is -0.421 e. The zero-order valence-corrected chi connectivity index (χ0v) is 17.8. The standard InChI is InChI=1S/C23H16N6.Pd/c1-23(2,18-9-4-11-21(26-18)28-14-6-8-17(28)16-24)19-10-5-12-22(27-19)29-15-7-13-20(29)25-3;/h4-13H,1-2H3;/q-2;+2. The Labute approximate surface area is 188 Å². The number of hydrogen-bond acceptors (Lipinski definition) is 3. The van der Waals surface area contributed by atoms with E-state index in [1.165, 1.54) is 0 Å². The summed E-state index contributed by atoms with van der Waals surface area (Å²) in [5.74, 6) is 1.72. The molecule has 0 radical (unpaired) electrons. The van der Waals surface area contributed by atoms with E-state index in [0.29, 0.717) is 23.1 Å². The van der Waals surface area contributed by atoms with Crippen molar-refractivity contribution in [3.63, 3.8) is 0 Å². The quantitative estimate of drug-likeness (QED) is 0.320. The van der Waals surface area contributed by atoms with Gasteiger partial charge in [0.2, 0.25) is 5.82 Å². The fourth-order valence-corrected chi connectivity index (χ4v) is 3.13. The molecule has 0 atom stereocenters. The van der Waals surface area contributed by atoms with Crippen LogP contribution in [0.1, 0.15) is 30.9 Å². The molecular formula is C23H16N6Pd. The number of aromatic nitrogens is 4. The van der Waals surface area contributed by atoms with Crippen LogP contribution in [0.4, 0.5) is 5.82 Å². The van der Waals surface area contributed by atoms with Gasteiger partial charge in [0.1, 0.15) is 5.82 Å². The summed E-state index contributed by atoms with van der Waals surface area (Å²) in [7, 11) is 0. The minimum absolute atomic E-state index is 0. The maximum Gasteiger partial charge on any atom is 2.00 e. The number of nitriles is 1. The van der Waals surface area contributed by atoms with Gasteiger partial charge in [-0.3, -0.25) is 14.5 Å². The summed E-state index contributed by atoms with van der Waals surface area (Å²) in [4.78, 5) is 13.1. The molecule has 0 spiro atoms. The second kappa shape index (κ2) is 8.48. The smallest absolute Gasteiger partial charge is 0.421 e. The molecule has 0 aliphatic carbocycles. The van der Waals surface area contributed by atoms with E-state index in [9.17, 15) is 5.26 Å². The van der Waals surface area contributed by atoms with Crippen molar-refractivity contribution in [2.75, 3.05) is 0 Å². The summed E-state index contributed by atoms with van der Waals surface area (Å²) in [5.41, 5.74) is 1.60. The molecule has 0 aromatic carbocycles. The molecule has 0 saturated carbocycles. The van der Waals surface area contributed by atoms with Crippen molar-refractivity contribution in [1.82, 2.24) is 19.1 Å². The van der Waals surface area contributed by atoms with E-state index in [2.05, 4.69) is 23.3 Å². The first-order valence-electron chi connectivity index (χ1n) is 8.97. The van der Waals surface area contributed by atoms with Crippen molar-refractivity contribution < 1.29 is 20.4 Å². The first-order valence-corrected chi connectivity index (χ1v) is 8.97. The average Bonchev–Trinajstić information content (AvgIpc) is 3.43. The molecular weight excluding hydrogens is 467 g/mol. The van der Waals surface area contributed by atoms with E-state index < -0.39 is 5.41 Å². The Morgan fingerprint density at radius 3 is 2.10 bits per heavy atom. The second-order valence-electron chi connectivity index (χ2n) is 6.95. The Hall–Kier alpha value is -3.50. The first kappa shape index (κ1) is 21.2. The van der Waals surface area contributed by atoms with E-state index in [1.807, 2.05) is 50.2 Å². The zero-order chi connectivity index (χ0) is 20.4. The van der Waals surface area contributed by atoms with Crippen LogP contribution in [-0.2, 0) is 25.8 Å². The van der Waals surface area contributed by atoms with Gasteiger partial charge in [0.25, 0.3) is 0 Å². The van der Waals surface area contributed by atoms with Crippen molar-refractivity contribution in [1.29, 1.82) is 5.26 Å². The minimum atomic E-state index is -0.503. The van der Waals surface area contributed by atoms with Crippen LogP contribution in [-0.4, -0.2) is 19.1 Å². The van der Waals surface area contributed by atoms with E-state index in [-0.39, 0.29) is 20.4 Å². The molecule has 7 heteroatoms. The summed E-state index contributed by atoms with van der Waals surface area (Å²) in [6, 6.07) is 20.4. The van der Waals surface area contributed by atoms with Gasteiger partial charge in [-0.1, -0.05) is 37.0 Å². The molecule has 0 bridgehead atoms. The molecule has 0 fully saturated rings. The molecule has 0 unspecified atom stereocenters. The molecule has 6 nitrogen and oxygen atoms in total. The van der Waals surface area contributed by atoms with Gasteiger partial charge in [0, 0.05) is 28.7 Å². The number of pyridine rings is 2. The van der Waals surface area contributed by atoms with Crippen molar-refractivity contribution in [2.45, 2.75) is 19.3 Å². The molecule has 4 rings (SSSR count). The number of rotatable bonds is 4. The van der Waals surface area contributed by atoms with Crippen LogP contribution in [0.2, 0.25) is 0 Å². The average molecular weight is 483 g/mol. The summed E-state index contributed by atoms with van der Waals surface area (Å²) < 4.78 is 3.28. The van der Waals surface area contributed by atoms with Gasteiger partial charge in [-0.15, -0.1) is 18.2 Å². The molecule has 30 heavy (non-hydrogen) atoms. The van der Waals surface area contributed by atoms with Crippen LogP contribution in [0.5, 0.6) is 0 Å². The van der Waals surface area contributed by atoms with Gasteiger partial charge < -0.3 is 9.41 Å². The molecule has 148 valence electrons. The summed E-state index contributed by atoms with van der Waals surface area (Å²) in [6.45, 7) is 11.4. The summed E-state index contributed by atoms with van der Waals surface area (Å²) in [5, 5.41) is 9.28. The van der Waals surface area contributed by atoms with Gasteiger partial charge in [-0.2, -0.15) is 0 Å². The molecule has 0 aliphatic rings. The molecule has 0 saturated heterocycles. The third kappa shape index (κ3) is 3.70. The summed E-state index contributed by atoms with van der Waals surface area (Å²) >= 11 is 0. The Morgan fingerprint density at radius 2 is 1.50 bits per heavy atom. The third-order valence-electron chi connectivity index (χ3n) is 4.79. The predicted molar refractivity (Wildman–Crippen MR) is 108 cm³/mol. The van der Waals surface area contributed by atoms with E-state index in [1.54, 1.807) is 33.4 Å². The number of hydrogen-bond donors (Lipinski definition) is 0. The fourth-order valence-electron chi connectivity index (χ4n) is 3.13. The van der Waals surface area contributed by atoms with Crippen LogP contribution in [0.15, 0.2) is 60.7 Å². The normalized spacial score (nSPS) is 10.7. The molecule has 4 heterocycles. The Balaban J connectivity index is 0.00000256. The molecule has 4 aromatic heterocycles. The molecule has 0 amide bonds. The van der Waals surface area contributed by atoms with Crippen LogP contribution in [0, 0.1) is 30.3 Å². The molecule has 4 aromatic rings. The Bertz CT molecular complexity index is 1170. The van der Waals surface area contributed by atoms with Crippen molar-refractivity contribution in [3.05, 3.63) is 102 Å². The molecule has 0 N–H and O–H groups in total. The van der Waals surface area contributed by atoms with Gasteiger partial charge in [0.15, 0.2) is 0 Å². The maximum atomic E-state index is 9.28. The summed E-state index contributed by atoms with van der Waals surface area (Å²) in [6.07, 6.45) is 6.03. The van der Waals surface area contributed by atoms with Crippen LogP contribution in [0.25, 0.3) is 16.5 Å². The van der Waals surface area contributed by atoms with Crippen molar-refractivity contribution in [2.24, 2.45) is 0 Å². The van der Waals surface area contributed by atoms with E-state index >= 15 is 0 Å². The van der Waals surface area contributed by atoms with Gasteiger partial charge in [-0.25, -0.2) is 5.26 Å². The van der Waals surface area contributed by atoms with Crippen molar-refractivity contribution in [3.8, 4) is 17.7 Å². The van der Waals surface area contributed by atoms with E-state index in [4.69, 9.17) is 16.5 Å². The first-order chi connectivity index (χ1) is 14.0. The fraction of sp³-hybridized carbons (Fsp3) is 0.130. The predicted octanol–water partition coefficient (Wildman–Crippen LogP) is 4.40. The SMILES string of the molecule is [C-]#[N+]c1cc[c-]n1-c1cccc(C(C)(C)c2cccc(-n3[c-]ccc3C#N)n2)n1.[Pd+2]. The topological polar surface area (TPSA) is 63.8 Å². The van der Waals surface area contributed by atoms with Crippen molar-refractivity contribution >= 4 is 5.82 Å². The Morgan fingerprint density at radius 1 is 0.933 bits per heavy atom. The maximum absolute atomic E-state index is 9.28. The second-order valence-corrected chi connectivity index (χ2v) is 6.95. The number of nitrogens with zero attached hydrogens (tertiary/aromatic N) is 6. The van der Waals surface area contributed by atoms with Crippen LogP contribution < -0.4 is 0 Å². The van der Waals surface area contributed by atoms with Crippen LogP contribution >= 0.6 is 0 Å². The largest absolute Gasteiger partial charge is 2.00 e. The van der Waals surface area contributed by atoms with Crippen LogP contribution in [0.3, 0.4) is 0 Å². The Kier molecular flexibility index (Phi) is 5.99. The zero-order valence-electron chi connectivity index (χ0n) is 16.3. The van der Waals surface area contributed by atoms with E-state index in [0.717, 1.165) is 11.4 Å². The van der Waals surface area contributed by atoms with Gasteiger partial charge in [-0.05, 0) is 32.0 Å². The molecule has 0 aliphatic heterocycles. The van der Waals surface area contributed by atoms with Gasteiger partial charge in [0.05, 0.1) is 11.9 Å². The third-order valence-corrected chi connectivity index (χ3v) is 4.79. The monoisotopic (exact) mass is 482 g/mol.